The summed E-state index contributed by atoms with van der Waals surface area (Å²) in [5.74, 6) is -4.81. The second kappa shape index (κ2) is 4.15. The van der Waals surface area contributed by atoms with Crippen LogP contribution in [-0.2, 0) is 6.54 Å². The highest BCUT2D eigenvalue weighted by Crippen LogP contribution is 2.37. The number of fused-ring (bicyclic) bond motifs is 1. The number of pyridine rings is 1. The lowest BCUT2D eigenvalue weighted by atomic mass is 10.3. The van der Waals surface area contributed by atoms with E-state index in [9.17, 15) is 22.0 Å². The number of aromatic nitrogens is 3. The monoisotopic (exact) mass is 329 g/mol. The minimum absolute atomic E-state index is 0.113. The summed E-state index contributed by atoms with van der Waals surface area (Å²) >= 11 is 3.05. The summed E-state index contributed by atoms with van der Waals surface area (Å²) in [4.78, 5) is 7.50. The summed E-state index contributed by atoms with van der Waals surface area (Å²) in [7, 11) is 0. The molecule has 3 nitrogen and oxygen atoms in total. The van der Waals surface area contributed by atoms with Gasteiger partial charge in [0.15, 0.2) is 0 Å². The van der Waals surface area contributed by atoms with Gasteiger partial charge in [-0.15, -0.1) is 0 Å². The Morgan fingerprint density at radius 3 is 2.44 bits per heavy atom. The van der Waals surface area contributed by atoms with Crippen LogP contribution in [0.5, 0.6) is 0 Å². The molecule has 0 aliphatic carbocycles. The number of hydrogen-bond acceptors (Lipinski definition) is 2. The average Bonchev–Trinajstić information content (AvgIpc) is 2.58. The molecular weight excluding hydrogens is 325 g/mol. The molecule has 0 bridgehead atoms. The first-order valence-electron chi connectivity index (χ1n) is 4.62. The van der Waals surface area contributed by atoms with Crippen molar-refractivity contribution >= 4 is 27.0 Å². The highest BCUT2D eigenvalue weighted by atomic mass is 79.9. The van der Waals surface area contributed by atoms with Gasteiger partial charge in [0.1, 0.15) is 4.60 Å². The summed E-state index contributed by atoms with van der Waals surface area (Å²) in [5.41, 5.74) is 0.400. The Morgan fingerprint density at radius 2 is 1.83 bits per heavy atom. The Balaban J connectivity index is 2.39. The van der Waals surface area contributed by atoms with Crippen LogP contribution < -0.4 is 0 Å². The van der Waals surface area contributed by atoms with Crippen LogP contribution in [0.1, 0.15) is 0 Å². The largest absolute Gasteiger partial charge is 0.455 e. The van der Waals surface area contributed by atoms with E-state index in [1.165, 1.54) is 12.3 Å². The van der Waals surface area contributed by atoms with Crippen molar-refractivity contribution in [2.75, 3.05) is 0 Å². The summed E-state index contributed by atoms with van der Waals surface area (Å²) in [6, 6.07) is 1.43. The molecule has 0 fully saturated rings. The van der Waals surface area contributed by atoms with Gasteiger partial charge in [0.05, 0.1) is 30.1 Å². The van der Waals surface area contributed by atoms with Crippen LogP contribution in [0.4, 0.5) is 22.0 Å². The third kappa shape index (κ3) is 2.31. The molecular formula is C9H5BrF5N3. The first-order chi connectivity index (χ1) is 8.21. The van der Waals surface area contributed by atoms with Gasteiger partial charge in [-0.25, -0.2) is 9.97 Å². The molecule has 2 heterocycles. The fourth-order valence-electron chi connectivity index (χ4n) is 1.36. The van der Waals surface area contributed by atoms with E-state index in [4.69, 9.17) is 0 Å². The lowest BCUT2D eigenvalue weighted by Crippen LogP contribution is -2.40. The van der Waals surface area contributed by atoms with Gasteiger partial charge >= 0.3 is 12.1 Å². The van der Waals surface area contributed by atoms with Gasteiger partial charge in [-0.05, 0) is 22.0 Å². The molecule has 2 aromatic heterocycles. The van der Waals surface area contributed by atoms with E-state index in [1.54, 1.807) is 0 Å². The molecule has 0 aliphatic heterocycles. The second-order valence-electron chi connectivity index (χ2n) is 3.57. The predicted octanol–water partition coefficient (Wildman–Crippen LogP) is 3.39. The van der Waals surface area contributed by atoms with Crippen LogP contribution in [0, 0.1) is 0 Å². The fourth-order valence-corrected chi connectivity index (χ4v) is 1.68. The highest BCUT2D eigenvalue weighted by molar-refractivity contribution is 9.10. The van der Waals surface area contributed by atoms with Crippen LogP contribution in [0.3, 0.4) is 0 Å². The lowest BCUT2D eigenvalue weighted by Gasteiger charge is -2.20. The first-order valence-corrected chi connectivity index (χ1v) is 5.41. The number of alkyl halides is 5. The fraction of sp³-hybridized carbons (Fsp3) is 0.333. The summed E-state index contributed by atoms with van der Waals surface area (Å²) in [6.45, 7) is -1.52. The molecule has 0 amide bonds. The molecule has 0 N–H and O–H groups in total. The Hall–Kier alpha value is -1.25. The topological polar surface area (TPSA) is 30.7 Å². The minimum Gasteiger partial charge on any atom is -0.323 e. The first kappa shape index (κ1) is 13.2. The molecule has 0 unspecified atom stereocenters. The molecule has 0 saturated carbocycles. The Bertz CT molecular complexity index is 577. The van der Waals surface area contributed by atoms with Crippen molar-refractivity contribution in [2.24, 2.45) is 0 Å². The summed E-state index contributed by atoms with van der Waals surface area (Å²) < 4.78 is 63.2. The molecule has 0 aromatic carbocycles. The van der Waals surface area contributed by atoms with Crippen molar-refractivity contribution in [1.29, 1.82) is 0 Å². The number of imidazole rings is 1. The van der Waals surface area contributed by atoms with E-state index in [1.807, 2.05) is 0 Å². The number of rotatable bonds is 2. The Morgan fingerprint density at radius 1 is 1.17 bits per heavy atom. The normalized spacial score (nSPS) is 13.2. The van der Waals surface area contributed by atoms with Crippen LogP contribution in [0.15, 0.2) is 23.2 Å². The molecule has 98 valence electrons. The van der Waals surface area contributed by atoms with E-state index in [2.05, 4.69) is 25.9 Å². The molecule has 2 rings (SSSR count). The molecule has 0 saturated heterocycles. The van der Waals surface area contributed by atoms with E-state index in [0.717, 1.165) is 10.9 Å². The quantitative estimate of drug-likeness (QED) is 0.624. The van der Waals surface area contributed by atoms with Crippen molar-refractivity contribution in [3.63, 3.8) is 0 Å². The van der Waals surface area contributed by atoms with Crippen LogP contribution in [0.25, 0.3) is 11.0 Å². The maximum Gasteiger partial charge on any atom is 0.455 e. The minimum atomic E-state index is -5.59. The third-order valence-electron chi connectivity index (χ3n) is 2.26. The van der Waals surface area contributed by atoms with Gasteiger partial charge < -0.3 is 4.57 Å². The number of nitrogens with zero attached hydrogens (tertiary/aromatic N) is 3. The lowest BCUT2D eigenvalue weighted by molar-refractivity contribution is -0.286. The van der Waals surface area contributed by atoms with Crippen molar-refractivity contribution in [3.8, 4) is 0 Å². The summed E-state index contributed by atoms with van der Waals surface area (Å²) in [5, 5.41) is 0. The zero-order valence-corrected chi connectivity index (χ0v) is 10.1. The van der Waals surface area contributed by atoms with Crippen LogP contribution in [-0.4, -0.2) is 26.6 Å². The van der Waals surface area contributed by atoms with Gasteiger partial charge in [0.2, 0.25) is 0 Å². The van der Waals surface area contributed by atoms with Gasteiger partial charge in [-0.1, -0.05) is 0 Å². The van der Waals surface area contributed by atoms with Gasteiger partial charge in [-0.3, -0.25) is 0 Å². The number of hydrogen-bond donors (Lipinski definition) is 0. The van der Waals surface area contributed by atoms with Gasteiger partial charge in [-0.2, -0.15) is 22.0 Å². The SMILES string of the molecule is FC(F)(F)C(F)(F)Cn1cnc2cc(Br)ncc21. The van der Waals surface area contributed by atoms with Crippen molar-refractivity contribution < 1.29 is 22.0 Å². The highest BCUT2D eigenvalue weighted by Gasteiger charge is 2.57. The van der Waals surface area contributed by atoms with Crippen molar-refractivity contribution in [1.82, 2.24) is 14.5 Å². The van der Waals surface area contributed by atoms with Gasteiger partial charge in [0.25, 0.3) is 0 Å². The Labute approximate surface area is 106 Å². The number of halogens is 6. The summed E-state index contributed by atoms with van der Waals surface area (Å²) in [6.07, 6.45) is -3.48. The van der Waals surface area contributed by atoms with Crippen molar-refractivity contribution in [3.05, 3.63) is 23.2 Å². The molecule has 0 aliphatic rings. The molecule has 9 heteroatoms. The molecule has 0 radical (unpaired) electrons. The zero-order valence-electron chi connectivity index (χ0n) is 8.55. The second-order valence-corrected chi connectivity index (χ2v) is 4.38. The van der Waals surface area contributed by atoms with E-state index in [0.29, 0.717) is 4.60 Å². The zero-order chi connectivity index (χ0) is 13.6. The predicted molar refractivity (Wildman–Crippen MR) is 56.2 cm³/mol. The Kier molecular flexibility index (Phi) is 3.04. The van der Waals surface area contributed by atoms with Crippen LogP contribution in [0.2, 0.25) is 0 Å². The average molecular weight is 330 g/mol. The van der Waals surface area contributed by atoms with E-state index >= 15 is 0 Å². The van der Waals surface area contributed by atoms with Crippen molar-refractivity contribution in [2.45, 2.75) is 18.6 Å². The smallest absolute Gasteiger partial charge is 0.323 e. The van der Waals surface area contributed by atoms with E-state index in [-0.39, 0.29) is 11.0 Å². The molecule has 18 heavy (non-hydrogen) atoms. The maximum absolute atomic E-state index is 12.9. The maximum atomic E-state index is 12.9. The van der Waals surface area contributed by atoms with E-state index < -0.39 is 18.6 Å². The molecule has 2 aromatic rings. The van der Waals surface area contributed by atoms with Crippen LogP contribution >= 0.6 is 15.9 Å². The standard InChI is InChI=1S/C9H5BrF5N3/c10-7-1-5-6(2-16-7)18(4-17-5)3-8(11,12)9(13,14)15/h1-2,4H,3H2. The van der Waals surface area contributed by atoms with Gasteiger partial charge in [0, 0.05) is 0 Å². The third-order valence-corrected chi connectivity index (χ3v) is 2.69. The molecule has 0 spiro atoms. The molecule has 0 atom stereocenters.